The number of H-pyrrole nitrogens is 1. The summed E-state index contributed by atoms with van der Waals surface area (Å²) in [6.07, 6.45) is 1.69. The van der Waals surface area contributed by atoms with Crippen LogP contribution in [-0.4, -0.2) is 23.2 Å². The van der Waals surface area contributed by atoms with Gasteiger partial charge in [0.2, 0.25) is 0 Å². The zero-order valence-electron chi connectivity index (χ0n) is 14.5. The summed E-state index contributed by atoms with van der Waals surface area (Å²) in [5.74, 6) is 0.314. The summed E-state index contributed by atoms with van der Waals surface area (Å²) in [5.41, 5.74) is 3.48. The van der Waals surface area contributed by atoms with Gasteiger partial charge in [-0.1, -0.05) is 54.6 Å². The van der Waals surface area contributed by atoms with Crippen LogP contribution >= 0.6 is 11.3 Å². The molecule has 0 aliphatic rings. The van der Waals surface area contributed by atoms with Crippen LogP contribution in [-0.2, 0) is 0 Å². The molecule has 0 saturated heterocycles. The van der Waals surface area contributed by atoms with E-state index in [1.807, 2.05) is 30.3 Å². The van der Waals surface area contributed by atoms with Gasteiger partial charge in [0.05, 0.1) is 12.5 Å². The second-order valence-electron chi connectivity index (χ2n) is 6.54. The van der Waals surface area contributed by atoms with Crippen LogP contribution in [0.4, 0.5) is 0 Å². The normalized spacial score (nSPS) is 13.7. The molecule has 0 aliphatic carbocycles. The third-order valence-electron chi connectivity index (χ3n) is 4.86. The van der Waals surface area contributed by atoms with Crippen LogP contribution in [0.2, 0.25) is 0 Å². The van der Waals surface area contributed by atoms with Crippen molar-refractivity contribution in [2.45, 2.75) is 12.0 Å². The number of hydrogen-bond acceptors (Lipinski definition) is 2. The van der Waals surface area contributed by atoms with Crippen molar-refractivity contribution in [1.82, 2.24) is 4.98 Å². The Bertz CT molecular complexity index is 947. The first kappa shape index (κ1) is 17.0. The quantitative estimate of drug-likeness (QED) is 0.461. The zero-order chi connectivity index (χ0) is 17.8. The summed E-state index contributed by atoms with van der Waals surface area (Å²) in [6.45, 7) is 1.57. The molecule has 4 N–H and O–H groups in total. The van der Waals surface area contributed by atoms with E-state index < -0.39 is 6.10 Å². The molecule has 2 heterocycles. The molecule has 4 rings (SSSR count). The molecular formula is C22H23N2OS+. The van der Waals surface area contributed by atoms with E-state index in [9.17, 15) is 5.11 Å². The van der Waals surface area contributed by atoms with Gasteiger partial charge in [0.25, 0.3) is 0 Å². The summed E-state index contributed by atoms with van der Waals surface area (Å²) < 4.78 is 0. The van der Waals surface area contributed by atoms with Gasteiger partial charge in [0.15, 0.2) is 0 Å². The molecule has 132 valence electrons. The number of thiophene rings is 1. The van der Waals surface area contributed by atoms with E-state index in [-0.39, 0.29) is 0 Å². The molecule has 0 radical (unpaired) electrons. The van der Waals surface area contributed by atoms with E-state index in [2.05, 4.69) is 58.3 Å². The SMILES string of the molecule is O[C@@H](C[NH2+]C[C@@H](c1cccs1)c1c[nH]c2ccccc12)c1ccccc1. The average Bonchev–Trinajstić information content (AvgIpc) is 3.36. The number of aromatic nitrogens is 1. The highest BCUT2D eigenvalue weighted by atomic mass is 32.1. The van der Waals surface area contributed by atoms with E-state index >= 15 is 0 Å². The number of aliphatic hydroxyl groups is 1. The maximum atomic E-state index is 10.4. The van der Waals surface area contributed by atoms with Crippen molar-refractivity contribution >= 4 is 22.2 Å². The van der Waals surface area contributed by atoms with E-state index in [4.69, 9.17) is 0 Å². The first-order valence-electron chi connectivity index (χ1n) is 8.97. The summed E-state index contributed by atoms with van der Waals surface area (Å²) in [6, 6.07) is 22.7. The maximum absolute atomic E-state index is 10.4. The molecule has 0 spiro atoms. The van der Waals surface area contributed by atoms with Crippen molar-refractivity contribution in [3.63, 3.8) is 0 Å². The minimum atomic E-state index is -0.442. The number of benzene rings is 2. The fourth-order valence-corrected chi connectivity index (χ4v) is 4.36. The second kappa shape index (κ2) is 7.87. The summed E-state index contributed by atoms with van der Waals surface area (Å²) in [7, 11) is 0. The maximum Gasteiger partial charge on any atom is 0.128 e. The summed E-state index contributed by atoms with van der Waals surface area (Å²) in [5, 5.41) is 16.1. The monoisotopic (exact) mass is 363 g/mol. The molecule has 3 nitrogen and oxygen atoms in total. The van der Waals surface area contributed by atoms with Crippen molar-refractivity contribution in [3.05, 3.63) is 94.3 Å². The Hall–Kier alpha value is -2.40. The van der Waals surface area contributed by atoms with Crippen LogP contribution in [0, 0.1) is 0 Å². The molecule has 4 aromatic rings. The first-order chi connectivity index (χ1) is 12.8. The number of hydrogen-bond donors (Lipinski definition) is 3. The van der Waals surface area contributed by atoms with Crippen LogP contribution in [0.5, 0.6) is 0 Å². The minimum Gasteiger partial charge on any atom is -0.382 e. The topological polar surface area (TPSA) is 52.6 Å². The number of rotatable bonds is 7. The first-order valence-corrected chi connectivity index (χ1v) is 9.85. The third kappa shape index (κ3) is 3.58. The van der Waals surface area contributed by atoms with E-state index in [0.29, 0.717) is 12.5 Å². The predicted octanol–water partition coefficient (Wildman–Crippen LogP) is 3.66. The van der Waals surface area contributed by atoms with E-state index in [1.54, 1.807) is 11.3 Å². The molecule has 0 amide bonds. The van der Waals surface area contributed by atoms with Crippen molar-refractivity contribution in [2.75, 3.05) is 13.1 Å². The van der Waals surface area contributed by atoms with Gasteiger partial charge in [-0.05, 0) is 28.6 Å². The van der Waals surface area contributed by atoms with Gasteiger partial charge in [-0.2, -0.15) is 0 Å². The molecule has 0 aliphatic heterocycles. The Morgan fingerprint density at radius 3 is 2.54 bits per heavy atom. The van der Waals surface area contributed by atoms with Crippen molar-refractivity contribution in [2.24, 2.45) is 0 Å². The van der Waals surface area contributed by atoms with Gasteiger partial charge in [0, 0.05) is 22.0 Å². The number of para-hydroxylation sites is 1. The number of nitrogens with one attached hydrogen (secondary N) is 1. The van der Waals surface area contributed by atoms with Crippen LogP contribution in [0.15, 0.2) is 78.3 Å². The highest BCUT2D eigenvalue weighted by molar-refractivity contribution is 7.10. The largest absolute Gasteiger partial charge is 0.382 e. The van der Waals surface area contributed by atoms with E-state index in [1.165, 1.54) is 21.3 Å². The zero-order valence-corrected chi connectivity index (χ0v) is 15.3. The lowest BCUT2D eigenvalue weighted by atomic mass is 9.96. The highest BCUT2D eigenvalue weighted by Gasteiger charge is 2.21. The molecule has 4 heteroatoms. The summed E-state index contributed by atoms with van der Waals surface area (Å²) >= 11 is 1.80. The Balaban J connectivity index is 1.52. The van der Waals surface area contributed by atoms with Gasteiger partial charge in [-0.15, -0.1) is 11.3 Å². The number of quaternary nitrogens is 1. The van der Waals surface area contributed by atoms with Crippen LogP contribution < -0.4 is 5.32 Å². The Morgan fingerprint density at radius 1 is 0.923 bits per heavy atom. The number of aromatic amines is 1. The average molecular weight is 364 g/mol. The number of nitrogens with two attached hydrogens (primary N) is 1. The fraction of sp³-hybridized carbons (Fsp3) is 0.182. The lowest BCUT2D eigenvalue weighted by Gasteiger charge is -2.16. The van der Waals surface area contributed by atoms with Crippen molar-refractivity contribution in [3.8, 4) is 0 Å². The van der Waals surface area contributed by atoms with Gasteiger partial charge in [-0.25, -0.2) is 0 Å². The number of aliphatic hydroxyl groups excluding tert-OH is 1. The van der Waals surface area contributed by atoms with Crippen molar-refractivity contribution < 1.29 is 10.4 Å². The summed E-state index contributed by atoms with van der Waals surface area (Å²) in [4.78, 5) is 4.76. The molecule has 0 unspecified atom stereocenters. The molecular weight excluding hydrogens is 340 g/mol. The minimum absolute atomic E-state index is 0.314. The molecule has 2 atom stereocenters. The Labute approximate surface area is 157 Å². The lowest BCUT2D eigenvalue weighted by Crippen LogP contribution is -2.86. The van der Waals surface area contributed by atoms with Crippen molar-refractivity contribution in [1.29, 1.82) is 0 Å². The second-order valence-corrected chi connectivity index (χ2v) is 7.52. The fourth-order valence-electron chi connectivity index (χ4n) is 3.50. The molecule has 0 fully saturated rings. The van der Waals surface area contributed by atoms with Crippen LogP contribution in [0.1, 0.15) is 28.0 Å². The molecule has 26 heavy (non-hydrogen) atoms. The van der Waals surface area contributed by atoms with Gasteiger partial charge >= 0.3 is 0 Å². The molecule has 0 bridgehead atoms. The Morgan fingerprint density at radius 2 is 1.73 bits per heavy atom. The predicted molar refractivity (Wildman–Crippen MR) is 108 cm³/mol. The third-order valence-corrected chi connectivity index (χ3v) is 5.85. The lowest BCUT2D eigenvalue weighted by molar-refractivity contribution is -0.663. The molecule has 2 aromatic heterocycles. The smallest absolute Gasteiger partial charge is 0.128 e. The van der Waals surface area contributed by atoms with Gasteiger partial charge in [-0.3, -0.25) is 0 Å². The van der Waals surface area contributed by atoms with Gasteiger partial charge < -0.3 is 15.4 Å². The highest BCUT2D eigenvalue weighted by Crippen LogP contribution is 2.32. The van der Waals surface area contributed by atoms with Crippen LogP contribution in [0.25, 0.3) is 10.9 Å². The molecule has 0 saturated carbocycles. The molecule has 2 aromatic carbocycles. The van der Waals surface area contributed by atoms with E-state index in [0.717, 1.165) is 12.1 Å². The standard InChI is InChI=1S/C22H22N2OS/c25-21(16-7-2-1-3-8-16)15-23-13-19(22-11-6-12-26-22)18-14-24-20-10-5-4-9-17(18)20/h1-12,14,19,21,23-25H,13,15H2/p+1/t19-,21+/m1/s1. The Kier molecular flexibility index (Phi) is 5.16. The van der Waals surface area contributed by atoms with Crippen LogP contribution in [0.3, 0.4) is 0 Å². The number of fused-ring (bicyclic) bond motifs is 1. The van der Waals surface area contributed by atoms with Gasteiger partial charge in [0.1, 0.15) is 12.6 Å².